The second kappa shape index (κ2) is 6.77. The van der Waals surface area contributed by atoms with E-state index in [1.54, 1.807) is 7.11 Å². The molecule has 3 fully saturated rings. The van der Waals surface area contributed by atoms with Crippen LogP contribution in [0.5, 0.6) is 0 Å². The van der Waals surface area contributed by atoms with Gasteiger partial charge in [-0.1, -0.05) is 19.3 Å². The van der Waals surface area contributed by atoms with Gasteiger partial charge in [-0.25, -0.2) is 0 Å². The summed E-state index contributed by atoms with van der Waals surface area (Å²) in [5, 5.41) is 10.3. The van der Waals surface area contributed by atoms with Crippen LogP contribution in [0.2, 0.25) is 0 Å². The Balaban J connectivity index is 1.58. The van der Waals surface area contributed by atoms with E-state index in [9.17, 15) is 14.7 Å². The van der Waals surface area contributed by atoms with Crippen molar-refractivity contribution in [1.29, 1.82) is 0 Å². The lowest BCUT2D eigenvalue weighted by Gasteiger charge is -2.61. The van der Waals surface area contributed by atoms with Crippen LogP contribution >= 0.6 is 0 Å². The number of likely N-dealkylation sites (tertiary alicyclic amines) is 2. The maximum absolute atomic E-state index is 12.3. The molecule has 1 aliphatic carbocycles. The maximum Gasteiger partial charge on any atom is 0.254 e. The smallest absolute Gasteiger partial charge is 0.254 e. The molecule has 1 unspecified atom stereocenters. The van der Waals surface area contributed by atoms with E-state index in [0.29, 0.717) is 26.1 Å². The largest absolute Gasteiger partial charge is 0.384 e. The normalized spacial score (nSPS) is 28.1. The molecule has 0 radical (unpaired) electrons. The van der Waals surface area contributed by atoms with Crippen LogP contribution in [0.3, 0.4) is 0 Å². The van der Waals surface area contributed by atoms with Crippen molar-refractivity contribution in [3.63, 3.8) is 0 Å². The summed E-state index contributed by atoms with van der Waals surface area (Å²) in [5.41, 5.74) is -0.303. The van der Waals surface area contributed by atoms with Gasteiger partial charge >= 0.3 is 0 Å². The quantitative estimate of drug-likeness (QED) is 0.781. The van der Waals surface area contributed by atoms with Crippen LogP contribution in [0.4, 0.5) is 0 Å². The van der Waals surface area contributed by atoms with E-state index in [0.717, 1.165) is 38.5 Å². The number of carbonyl (C=O) groups excluding carboxylic acids is 2. The second-order valence-corrected chi connectivity index (χ2v) is 7.13. The number of β-lactam (4-membered cyclic amide) rings is 1. The van der Waals surface area contributed by atoms with Crippen LogP contribution in [0.1, 0.15) is 51.4 Å². The minimum absolute atomic E-state index is 0.101. The summed E-state index contributed by atoms with van der Waals surface area (Å²) in [6.45, 7) is 1.85. The van der Waals surface area contributed by atoms with E-state index >= 15 is 0 Å². The van der Waals surface area contributed by atoms with Gasteiger partial charge in [0.2, 0.25) is 5.91 Å². The van der Waals surface area contributed by atoms with Crippen molar-refractivity contribution in [1.82, 2.24) is 9.80 Å². The SMILES string of the molecule is COCCC(=O)N1CCC(N2C(=O)C(O)C23CCCCC3)CC1. The number of methoxy groups -OCH3 is 1. The minimum atomic E-state index is -0.802. The van der Waals surface area contributed by atoms with E-state index in [1.165, 1.54) is 6.42 Å². The molecule has 6 nitrogen and oxygen atoms in total. The molecule has 1 saturated carbocycles. The predicted octanol–water partition coefficient (Wildman–Crippen LogP) is 0.920. The molecule has 3 aliphatic rings. The molecule has 0 aromatic rings. The van der Waals surface area contributed by atoms with E-state index in [1.807, 2.05) is 9.80 Å². The highest BCUT2D eigenvalue weighted by Crippen LogP contribution is 2.46. The fourth-order valence-electron chi connectivity index (χ4n) is 4.59. The highest BCUT2D eigenvalue weighted by atomic mass is 16.5. The lowest BCUT2D eigenvalue weighted by atomic mass is 9.68. The van der Waals surface area contributed by atoms with Gasteiger partial charge in [0, 0.05) is 26.2 Å². The molecular formula is C17H28N2O4. The molecule has 2 saturated heterocycles. The number of carbonyl (C=O) groups is 2. The zero-order valence-corrected chi connectivity index (χ0v) is 14.0. The van der Waals surface area contributed by atoms with Gasteiger partial charge in [0.25, 0.3) is 5.91 Å². The number of hydrogen-bond donors (Lipinski definition) is 1. The van der Waals surface area contributed by atoms with E-state index in [2.05, 4.69) is 0 Å². The van der Waals surface area contributed by atoms with Gasteiger partial charge in [-0.05, 0) is 25.7 Å². The number of ether oxygens (including phenoxy) is 1. The zero-order chi connectivity index (χ0) is 16.4. The van der Waals surface area contributed by atoms with Crippen LogP contribution in [-0.2, 0) is 14.3 Å². The molecular weight excluding hydrogens is 296 g/mol. The van der Waals surface area contributed by atoms with Crippen LogP contribution in [0, 0.1) is 0 Å². The molecule has 1 spiro atoms. The Kier molecular flexibility index (Phi) is 4.92. The van der Waals surface area contributed by atoms with Gasteiger partial charge in [-0.2, -0.15) is 0 Å². The Hall–Kier alpha value is -1.14. The number of piperidine rings is 1. The lowest BCUT2D eigenvalue weighted by Crippen LogP contribution is -2.77. The number of aliphatic hydroxyl groups excluding tert-OH is 1. The number of amides is 2. The molecule has 2 aliphatic heterocycles. The number of nitrogens with zero attached hydrogens (tertiary/aromatic N) is 2. The first kappa shape index (κ1) is 16.7. The van der Waals surface area contributed by atoms with Crippen molar-refractivity contribution in [3.05, 3.63) is 0 Å². The Bertz CT molecular complexity index is 454. The van der Waals surface area contributed by atoms with E-state index in [4.69, 9.17) is 4.74 Å². The van der Waals surface area contributed by atoms with Crippen LogP contribution in [-0.4, -0.2) is 71.2 Å². The van der Waals surface area contributed by atoms with Gasteiger partial charge in [-0.15, -0.1) is 0 Å². The van der Waals surface area contributed by atoms with E-state index < -0.39 is 6.10 Å². The third-order valence-electron chi connectivity index (χ3n) is 5.88. The average Bonchev–Trinajstić information content (AvgIpc) is 2.61. The first-order valence-electron chi connectivity index (χ1n) is 8.88. The molecule has 0 aromatic heterocycles. The average molecular weight is 324 g/mol. The highest BCUT2D eigenvalue weighted by Gasteiger charge is 2.61. The fraction of sp³-hybridized carbons (Fsp3) is 0.882. The fourth-order valence-corrected chi connectivity index (χ4v) is 4.59. The molecule has 6 heteroatoms. The summed E-state index contributed by atoms with van der Waals surface area (Å²) in [6, 6.07) is 0.176. The van der Waals surface area contributed by atoms with Gasteiger partial charge < -0.3 is 19.6 Å². The Morgan fingerprint density at radius 2 is 1.91 bits per heavy atom. The summed E-state index contributed by atoms with van der Waals surface area (Å²) in [4.78, 5) is 28.2. The highest BCUT2D eigenvalue weighted by molar-refractivity contribution is 5.90. The summed E-state index contributed by atoms with van der Waals surface area (Å²) in [6.07, 6.45) is 6.49. The summed E-state index contributed by atoms with van der Waals surface area (Å²) >= 11 is 0. The standard InChI is InChI=1S/C17H28N2O4/c1-23-12-7-14(20)18-10-5-13(6-11-18)19-16(22)15(21)17(19)8-3-2-4-9-17/h13,15,21H,2-12H2,1H3. The minimum Gasteiger partial charge on any atom is -0.384 e. The molecule has 23 heavy (non-hydrogen) atoms. The molecule has 2 heterocycles. The molecule has 130 valence electrons. The Labute approximate surface area is 137 Å². The van der Waals surface area contributed by atoms with Crippen LogP contribution in [0.25, 0.3) is 0 Å². The molecule has 0 bridgehead atoms. The first-order chi connectivity index (χ1) is 11.1. The first-order valence-corrected chi connectivity index (χ1v) is 8.88. The summed E-state index contributed by atoms with van der Waals surface area (Å²) in [5.74, 6) is 0.0312. The topological polar surface area (TPSA) is 70.1 Å². The molecule has 2 amide bonds. The second-order valence-electron chi connectivity index (χ2n) is 7.13. The van der Waals surface area contributed by atoms with Gasteiger partial charge in [0.05, 0.1) is 18.6 Å². The van der Waals surface area contributed by atoms with Crippen LogP contribution < -0.4 is 0 Å². The van der Waals surface area contributed by atoms with Crippen LogP contribution in [0.15, 0.2) is 0 Å². The van der Waals surface area contributed by atoms with Crippen molar-refractivity contribution in [3.8, 4) is 0 Å². The molecule has 1 atom stereocenters. The molecule has 0 aromatic carbocycles. The molecule has 3 rings (SSSR count). The molecule has 1 N–H and O–H groups in total. The van der Waals surface area contributed by atoms with Crippen molar-refractivity contribution < 1.29 is 19.4 Å². The number of aliphatic hydroxyl groups is 1. The van der Waals surface area contributed by atoms with Gasteiger partial charge in [-0.3, -0.25) is 9.59 Å². The van der Waals surface area contributed by atoms with Crippen molar-refractivity contribution >= 4 is 11.8 Å². The van der Waals surface area contributed by atoms with Crippen molar-refractivity contribution in [2.24, 2.45) is 0 Å². The summed E-state index contributed by atoms with van der Waals surface area (Å²) < 4.78 is 4.96. The Morgan fingerprint density at radius 3 is 2.52 bits per heavy atom. The third-order valence-corrected chi connectivity index (χ3v) is 5.88. The zero-order valence-electron chi connectivity index (χ0n) is 14.0. The van der Waals surface area contributed by atoms with Crippen molar-refractivity contribution in [2.75, 3.05) is 26.8 Å². The monoisotopic (exact) mass is 324 g/mol. The summed E-state index contributed by atoms with van der Waals surface area (Å²) in [7, 11) is 1.60. The van der Waals surface area contributed by atoms with E-state index in [-0.39, 0.29) is 23.4 Å². The van der Waals surface area contributed by atoms with Crippen molar-refractivity contribution in [2.45, 2.75) is 69.1 Å². The number of rotatable bonds is 4. The maximum atomic E-state index is 12.3. The lowest BCUT2D eigenvalue weighted by molar-refractivity contribution is -0.201. The predicted molar refractivity (Wildman–Crippen MR) is 84.8 cm³/mol. The number of hydrogen-bond acceptors (Lipinski definition) is 4. The van der Waals surface area contributed by atoms with Gasteiger partial charge in [0.15, 0.2) is 6.10 Å². The Morgan fingerprint density at radius 1 is 1.26 bits per heavy atom. The van der Waals surface area contributed by atoms with Gasteiger partial charge in [0.1, 0.15) is 0 Å². The third kappa shape index (κ3) is 2.87.